The molecule has 2 atom stereocenters. The first-order chi connectivity index (χ1) is 12.3. The van der Waals surface area contributed by atoms with Crippen molar-refractivity contribution in [1.82, 2.24) is 9.55 Å². The molecule has 0 bridgehead atoms. The average Bonchev–Trinajstić information content (AvgIpc) is 3.17. The number of hydrogen-bond donors (Lipinski definition) is 0. The van der Waals surface area contributed by atoms with E-state index in [4.69, 9.17) is 0 Å². The Balaban J connectivity index is 2.06. The van der Waals surface area contributed by atoms with E-state index in [1.807, 2.05) is 12.5 Å². The highest BCUT2D eigenvalue weighted by atomic mass is 15.1. The van der Waals surface area contributed by atoms with Crippen LogP contribution in [0, 0.1) is 5.92 Å². The number of rotatable bonds is 13. The third-order valence-electron chi connectivity index (χ3n) is 5.32. The zero-order valence-corrected chi connectivity index (χ0v) is 16.2. The van der Waals surface area contributed by atoms with Crippen molar-refractivity contribution < 1.29 is 0 Å². The van der Waals surface area contributed by atoms with Gasteiger partial charge in [0.15, 0.2) is 0 Å². The van der Waals surface area contributed by atoms with Crippen LogP contribution in [0.4, 0.5) is 0 Å². The van der Waals surface area contributed by atoms with Crippen LogP contribution in [0.3, 0.4) is 0 Å². The molecule has 0 aliphatic rings. The molecule has 0 fully saturated rings. The van der Waals surface area contributed by atoms with Crippen molar-refractivity contribution in [3.8, 4) is 0 Å². The lowest BCUT2D eigenvalue weighted by atomic mass is 9.85. The number of nitrogens with zero attached hydrogens (tertiary/aromatic N) is 2. The maximum Gasteiger partial charge on any atom is 0.0948 e. The van der Waals surface area contributed by atoms with Gasteiger partial charge in [0.05, 0.1) is 6.33 Å². The second-order valence-corrected chi connectivity index (χ2v) is 7.37. The SMILES string of the molecule is CCCCCCCC(Cc1ccccc1)C(CCCC)n1ccnc1. The van der Waals surface area contributed by atoms with Gasteiger partial charge >= 0.3 is 0 Å². The molecule has 2 rings (SSSR count). The molecular formula is C23H36N2. The van der Waals surface area contributed by atoms with Gasteiger partial charge in [-0.3, -0.25) is 0 Å². The van der Waals surface area contributed by atoms with E-state index in [0.717, 1.165) is 0 Å². The zero-order valence-electron chi connectivity index (χ0n) is 16.2. The Kier molecular flexibility index (Phi) is 9.40. The summed E-state index contributed by atoms with van der Waals surface area (Å²) in [5, 5.41) is 0. The van der Waals surface area contributed by atoms with Crippen LogP contribution in [-0.4, -0.2) is 9.55 Å². The predicted octanol–water partition coefficient (Wildman–Crippen LogP) is 6.83. The molecule has 2 aromatic rings. The number of hydrogen-bond acceptors (Lipinski definition) is 1. The molecule has 2 nitrogen and oxygen atoms in total. The van der Waals surface area contributed by atoms with Gasteiger partial charge in [-0.2, -0.15) is 0 Å². The van der Waals surface area contributed by atoms with Crippen LogP contribution in [0.15, 0.2) is 49.1 Å². The Morgan fingerprint density at radius 1 is 0.880 bits per heavy atom. The molecule has 0 radical (unpaired) electrons. The average molecular weight is 341 g/mol. The molecule has 0 saturated carbocycles. The van der Waals surface area contributed by atoms with Gasteiger partial charge in [0.2, 0.25) is 0 Å². The molecule has 2 unspecified atom stereocenters. The van der Waals surface area contributed by atoms with Crippen LogP contribution in [0.25, 0.3) is 0 Å². The third-order valence-corrected chi connectivity index (χ3v) is 5.32. The van der Waals surface area contributed by atoms with Gasteiger partial charge in [-0.1, -0.05) is 89.1 Å². The van der Waals surface area contributed by atoms with E-state index in [1.54, 1.807) is 0 Å². The quantitative estimate of drug-likeness (QED) is 0.365. The van der Waals surface area contributed by atoms with E-state index in [2.05, 4.69) is 59.9 Å². The fourth-order valence-electron chi connectivity index (χ4n) is 3.86. The molecule has 0 N–H and O–H groups in total. The maximum absolute atomic E-state index is 4.32. The Morgan fingerprint density at radius 3 is 2.32 bits per heavy atom. The van der Waals surface area contributed by atoms with E-state index in [1.165, 1.54) is 69.8 Å². The van der Waals surface area contributed by atoms with Gasteiger partial charge in [0.25, 0.3) is 0 Å². The van der Waals surface area contributed by atoms with Crippen molar-refractivity contribution >= 4 is 0 Å². The van der Waals surface area contributed by atoms with Gasteiger partial charge in [-0.15, -0.1) is 0 Å². The lowest BCUT2D eigenvalue weighted by Gasteiger charge is -2.29. The van der Waals surface area contributed by atoms with Gasteiger partial charge in [0.1, 0.15) is 0 Å². The molecule has 1 heterocycles. The number of benzene rings is 1. The summed E-state index contributed by atoms with van der Waals surface area (Å²) in [6, 6.07) is 11.6. The lowest BCUT2D eigenvalue weighted by molar-refractivity contribution is 0.277. The van der Waals surface area contributed by atoms with E-state index in [9.17, 15) is 0 Å². The van der Waals surface area contributed by atoms with Crippen LogP contribution in [0.5, 0.6) is 0 Å². The Hall–Kier alpha value is -1.57. The minimum absolute atomic E-state index is 0.578. The molecule has 0 saturated heterocycles. The predicted molar refractivity (Wildman–Crippen MR) is 108 cm³/mol. The summed E-state index contributed by atoms with van der Waals surface area (Å²) < 4.78 is 2.37. The summed E-state index contributed by atoms with van der Waals surface area (Å²) in [5.74, 6) is 0.699. The fourth-order valence-corrected chi connectivity index (χ4v) is 3.86. The van der Waals surface area contributed by atoms with Crippen LogP contribution in [0.2, 0.25) is 0 Å². The summed E-state index contributed by atoms with van der Waals surface area (Å²) >= 11 is 0. The molecule has 0 aliphatic heterocycles. The Labute approximate surface area is 154 Å². The standard InChI is InChI=1S/C23H36N2/c1-3-5-7-8-12-15-22(19-21-13-10-9-11-14-21)23(16-6-4-2)25-18-17-24-20-25/h9-11,13-14,17-18,20,22-23H,3-8,12,15-16,19H2,1-2H3. The molecule has 0 spiro atoms. The zero-order chi connectivity index (χ0) is 17.7. The summed E-state index contributed by atoms with van der Waals surface area (Å²) in [7, 11) is 0. The molecule has 1 aromatic carbocycles. The highest BCUT2D eigenvalue weighted by Gasteiger charge is 2.22. The molecule has 2 heteroatoms. The minimum Gasteiger partial charge on any atom is -0.334 e. The Bertz CT molecular complexity index is 532. The first-order valence-electron chi connectivity index (χ1n) is 10.4. The Morgan fingerprint density at radius 2 is 1.64 bits per heavy atom. The van der Waals surface area contributed by atoms with E-state index in [0.29, 0.717) is 12.0 Å². The van der Waals surface area contributed by atoms with E-state index in [-0.39, 0.29) is 0 Å². The number of aromatic nitrogens is 2. The second-order valence-electron chi connectivity index (χ2n) is 7.37. The summed E-state index contributed by atoms with van der Waals surface area (Å²) in [6.45, 7) is 4.58. The van der Waals surface area contributed by atoms with Crippen LogP contribution < -0.4 is 0 Å². The van der Waals surface area contributed by atoms with Crippen LogP contribution in [-0.2, 0) is 6.42 Å². The normalized spacial score (nSPS) is 13.7. The molecule has 0 aliphatic carbocycles. The van der Waals surface area contributed by atoms with Gasteiger partial charge < -0.3 is 4.57 Å². The first-order valence-corrected chi connectivity index (χ1v) is 10.4. The number of imidazole rings is 1. The molecule has 1 aromatic heterocycles. The highest BCUT2D eigenvalue weighted by Crippen LogP contribution is 2.31. The third kappa shape index (κ3) is 7.05. The van der Waals surface area contributed by atoms with Crippen molar-refractivity contribution in [2.24, 2.45) is 5.92 Å². The first kappa shape index (κ1) is 19.8. The van der Waals surface area contributed by atoms with Crippen molar-refractivity contribution in [3.63, 3.8) is 0 Å². The molecule has 25 heavy (non-hydrogen) atoms. The molecular weight excluding hydrogens is 304 g/mol. The molecule has 138 valence electrons. The summed E-state index contributed by atoms with van der Waals surface area (Å²) in [5.41, 5.74) is 1.47. The summed E-state index contributed by atoms with van der Waals surface area (Å²) in [4.78, 5) is 4.32. The second kappa shape index (κ2) is 11.9. The van der Waals surface area contributed by atoms with Crippen LogP contribution in [0.1, 0.15) is 83.2 Å². The van der Waals surface area contributed by atoms with Crippen molar-refractivity contribution in [2.75, 3.05) is 0 Å². The largest absolute Gasteiger partial charge is 0.334 e. The minimum atomic E-state index is 0.578. The van der Waals surface area contributed by atoms with Crippen molar-refractivity contribution in [2.45, 2.75) is 84.1 Å². The van der Waals surface area contributed by atoms with Gasteiger partial charge in [-0.05, 0) is 30.7 Å². The topological polar surface area (TPSA) is 17.8 Å². The van der Waals surface area contributed by atoms with Crippen molar-refractivity contribution in [1.29, 1.82) is 0 Å². The molecule has 0 amide bonds. The highest BCUT2D eigenvalue weighted by molar-refractivity contribution is 5.15. The monoisotopic (exact) mass is 340 g/mol. The smallest absolute Gasteiger partial charge is 0.0948 e. The van der Waals surface area contributed by atoms with Gasteiger partial charge in [0, 0.05) is 18.4 Å². The lowest BCUT2D eigenvalue weighted by Crippen LogP contribution is -2.21. The van der Waals surface area contributed by atoms with E-state index >= 15 is 0 Å². The summed E-state index contributed by atoms with van der Waals surface area (Å²) in [6.07, 6.45) is 19.3. The van der Waals surface area contributed by atoms with E-state index < -0.39 is 0 Å². The number of unbranched alkanes of at least 4 members (excludes halogenated alkanes) is 5. The van der Waals surface area contributed by atoms with Gasteiger partial charge in [-0.25, -0.2) is 4.98 Å². The maximum atomic E-state index is 4.32. The van der Waals surface area contributed by atoms with Crippen molar-refractivity contribution in [3.05, 3.63) is 54.6 Å². The van der Waals surface area contributed by atoms with Crippen LogP contribution >= 0.6 is 0 Å². The fraction of sp³-hybridized carbons (Fsp3) is 0.609.